The fraction of sp³-hybridized carbons (Fsp3) is 0. The van der Waals surface area contributed by atoms with Gasteiger partial charge in [-0.15, -0.1) is 0 Å². The van der Waals surface area contributed by atoms with E-state index in [2.05, 4.69) is 37.2 Å². The summed E-state index contributed by atoms with van der Waals surface area (Å²) in [5, 5.41) is 2.62. The average molecular weight is 407 g/mol. The monoisotopic (exact) mass is 405 g/mol. The van der Waals surface area contributed by atoms with Gasteiger partial charge in [0, 0.05) is 20.2 Å². The number of anilines is 1. The fourth-order valence-electron chi connectivity index (χ4n) is 1.46. The molecule has 0 bridgehead atoms. The van der Waals surface area contributed by atoms with Crippen LogP contribution in [0.4, 0.5) is 10.1 Å². The third-order valence-corrected chi connectivity index (χ3v) is 3.52. The Labute approximate surface area is 131 Å². The van der Waals surface area contributed by atoms with E-state index < -0.39 is 5.82 Å². The van der Waals surface area contributed by atoms with E-state index in [-0.39, 0.29) is 10.9 Å². The lowest BCUT2D eigenvalue weighted by atomic mass is 10.2. The number of hydrogen-bond donors (Lipinski definition) is 1. The van der Waals surface area contributed by atoms with Crippen LogP contribution in [0.5, 0.6) is 0 Å². The van der Waals surface area contributed by atoms with Crippen LogP contribution in [0.1, 0.15) is 10.4 Å². The van der Waals surface area contributed by atoms with Gasteiger partial charge in [-0.25, -0.2) is 4.39 Å². The van der Waals surface area contributed by atoms with Gasteiger partial charge in [0.15, 0.2) is 0 Å². The second kappa shape index (κ2) is 6.03. The van der Waals surface area contributed by atoms with E-state index in [4.69, 9.17) is 11.6 Å². The Morgan fingerprint density at radius 2 is 1.74 bits per heavy atom. The number of hydrogen-bond acceptors (Lipinski definition) is 1. The molecular formula is C13H7Br2ClFNO. The van der Waals surface area contributed by atoms with Gasteiger partial charge in [0.05, 0.1) is 5.02 Å². The Morgan fingerprint density at radius 3 is 2.32 bits per heavy atom. The summed E-state index contributed by atoms with van der Waals surface area (Å²) in [7, 11) is 0. The van der Waals surface area contributed by atoms with Crippen LogP contribution >= 0.6 is 43.5 Å². The summed E-state index contributed by atoms with van der Waals surface area (Å²) >= 11 is 12.2. The first kappa shape index (κ1) is 14.5. The Morgan fingerprint density at radius 1 is 1.11 bits per heavy atom. The molecule has 0 unspecified atom stereocenters. The van der Waals surface area contributed by atoms with Crippen molar-refractivity contribution in [1.29, 1.82) is 0 Å². The highest BCUT2D eigenvalue weighted by Crippen LogP contribution is 2.22. The Kier molecular flexibility index (Phi) is 4.60. The predicted octanol–water partition coefficient (Wildman–Crippen LogP) is 5.26. The first-order chi connectivity index (χ1) is 8.95. The second-order valence-corrected chi connectivity index (χ2v) is 5.98. The maximum absolute atomic E-state index is 13.3. The molecule has 0 fully saturated rings. The molecule has 2 nitrogen and oxygen atoms in total. The van der Waals surface area contributed by atoms with E-state index >= 15 is 0 Å². The lowest BCUT2D eigenvalue weighted by Crippen LogP contribution is -2.12. The van der Waals surface area contributed by atoms with Gasteiger partial charge in [-0.2, -0.15) is 0 Å². The quantitative estimate of drug-likeness (QED) is 0.723. The van der Waals surface area contributed by atoms with Crippen LogP contribution in [0, 0.1) is 5.82 Å². The Hall–Kier alpha value is -0.910. The van der Waals surface area contributed by atoms with Gasteiger partial charge in [-0.1, -0.05) is 43.5 Å². The van der Waals surface area contributed by atoms with E-state index in [1.54, 1.807) is 12.1 Å². The highest BCUT2D eigenvalue weighted by molar-refractivity contribution is 9.11. The van der Waals surface area contributed by atoms with Crippen LogP contribution in [0.25, 0.3) is 0 Å². The van der Waals surface area contributed by atoms with Gasteiger partial charge >= 0.3 is 0 Å². The molecule has 0 saturated heterocycles. The molecule has 19 heavy (non-hydrogen) atoms. The van der Waals surface area contributed by atoms with Gasteiger partial charge in [0.2, 0.25) is 0 Å². The molecule has 0 heterocycles. The molecule has 2 aromatic rings. The summed E-state index contributed by atoms with van der Waals surface area (Å²) in [4.78, 5) is 12.0. The highest BCUT2D eigenvalue weighted by atomic mass is 79.9. The molecule has 0 saturated carbocycles. The molecule has 1 N–H and O–H groups in total. The lowest BCUT2D eigenvalue weighted by Gasteiger charge is -2.07. The number of rotatable bonds is 2. The zero-order chi connectivity index (χ0) is 14.0. The minimum atomic E-state index is -0.574. The number of halogens is 4. The summed E-state index contributed by atoms with van der Waals surface area (Å²) < 4.78 is 14.8. The largest absolute Gasteiger partial charge is 0.322 e. The minimum Gasteiger partial charge on any atom is -0.322 e. The molecule has 1 amide bonds. The van der Waals surface area contributed by atoms with Crippen LogP contribution in [-0.4, -0.2) is 5.91 Å². The van der Waals surface area contributed by atoms with Crippen molar-refractivity contribution in [3.05, 3.63) is 61.7 Å². The molecule has 2 aromatic carbocycles. The normalized spacial score (nSPS) is 10.3. The fourth-order valence-corrected chi connectivity index (χ4v) is 2.87. The second-order valence-electron chi connectivity index (χ2n) is 3.74. The van der Waals surface area contributed by atoms with Gasteiger partial charge < -0.3 is 5.32 Å². The average Bonchev–Trinajstić information content (AvgIpc) is 2.32. The molecular weight excluding hydrogens is 400 g/mol. The standard InChI is InChI=1S/C13H7Br2ClFNO/c14-8-3-7(4-9(15)5-8)13(19)18-10-1-2-11(16)12(17)6-10/h1-6H,(H,18,19). The first-order valence-electron chi connectivity index (χ1n) is 5.18. The maximum Gasteiger partial charge on any atom is 0.255 e. The molecule has 0 aliphatic heterocycles. The van der Waals surface area contributed by atoms with Gasteiger partial charge in [-0.3, -0.25) is 4.79 Å². The zero-order valence-electron chi connectivity index (χ0n) is 9.38. The number of benzene rings is 2. The van der Waals surface area contributed by atoms with Gasteiger partial charge in [0.1, 0.15) is 5.82 Å². The van der Waals surface area contributed by atoms with Crippen LogP contribution in [0.3, 0.4) is 0 Å². The summed E-state index contributed by atoms with van der Waals surface area (Å²) in [6, 6.07) is 9.27. The minimum absolute atomic E-state index is 0.0169. The van der Waals surface area contributed by atoms with Crippen molar-refractivity contribution in [3.63, 3.8) is 0 Å². The Balaban J connectivity index is 2.22. The molecule has 0 aromatic heterocycles. The van der Waals surface area contributed by atoms with Crippen molar-refractivity contribution in [3.8, 4) is 0 Å². The summed E-state index contributed by atoms with van der Waals surface area (Å²) in [5.74, 6) is -0.904. The molecule has 2 rings (SSSR count). The van der Waals surface area contributed by atoms with E-state index in [0.29, 0.717) is 11.3 Å². The number of amides is 1. The molecule has 98 valence electrons. The number of carbonyl (C=O) groups excluding carboxylic acids is 1. The zero-order valence-corrected chi connectivity index (χ0v) is 13.3. The van der Waals surface area contributed by atoms with Crippen molar-refractivity contribution < 1.29 is 9.18 Å². The van der Waals surface area contributed by atoms with Crippen LogP contribution in [0.2, 0.25) is 5.02 Å². The van der Waals surface area contributed by atoms with Crippen LogP contribution in [0.15, 0.2) is 45.3 Å². The molecule has 0 aliphatic rings. The summed E-state index contributed by atoms with van der Waals surface area (Å²) in [6.45, 7) is 0. The SMILES string of the molecule is O=C(Nc1ccc(Cl)c(F)c1)c1cc(Br)cc(Br)c1. The summed E-state index contributed by atoms with van der Waals surface area (Å²) in [6.07, 6.45) is 0. The van der Waals surface area contributed by atoms with Crippen molar-refractivity contribution in [2.75, 3.05) is 5.32 Å². The van der Waals surface area contributed by atoms with Crippen LogP contribution in [-0.2, 0) is 0 Å². The van der Waals surface area contributed by atoms with Crippen molar-refractivity contribution >= 4 is 55.1 Å². The smallest absolute Gasteiger partial charge is 0.255 e. The molecule has 0 atom stereocenters. The third kappa shape index (κ3) is 3.78. The third-order valence-electron chi connectivity index (χ3n) is 2.30. The molecule has 6 heteroatoms. The van der Waals surface area contributed by atoms with Crippen molar-refractivity contribution in [2.45, 2.75) is 0 Å². The van der Waals surface area contributed by atoms with Crippen LogP contribution < -0.4 is 5.32 Å². The van der Waals surface area contributed by atoms with E-state index in [1.165, 1.54) is 18.2 Å². The highest BCUT2D eigenvalue weighted by Gasteiger charge is 2.09. The van der Waals surface area contributed by atoms with Crippen molar-refractivity contribution in [1.82, 2.24) is 0 Å². The van der Waals surface area contributed by atoms with Gasteiger partial charge in [-0.05, 0) is 36.4 Å². The maximum atomic E-state index is 13.3. The number of carbonyl (C=O) groups is 1. The van der Waals surface area contributed by atoms with E-state index in [0.717, 1.165) is 8.95 Å². The Bertz CT molecular complexity index is 628. The van der Waals surface area contributed by atoms with E-state index in [1.807, 2.05) is 6.07 Å². The van der Waals surface area contributed by atoms with E-state index in [9.17, 15) is 9.18 Å². The van der Waals surface area contributed by atoms with Gasteiger partial charge in [0.25, 0.3) is 5.91 Å². The number of nitrogens with one attached hydrogen (secondary N) is 1. The summed E-state index contributed by atoms with van der Waals surface area (Å²) in [5.41, 5.74) is 0.805. The lowest BCUT2D eigenvalue weighted by molar-refractivity contribution is 0.102. The predicted molar refractivity (Wildman–Crippen MR) is 81.2 cm³/mol. The molecule has 0 aliphatic carbocycles. The first-order valence-corrected chi connectivity index (χ1v) is 7.14. The molecule has 0 spiro atoms. The molecule has 0 radical (unpaired) electrons. The topological polar surface area (TPSA) is 29.1 Å². The van der Waals surface area contributed by atoms with Crippen molar-refractivity contribution in [2.24, 2.45) is 0 Å².